The minimum Gasteiger partial charge on any atom is -0.386 e. The third kappa shape index (κ3) is 3.01. The molecule has 19 heavy (non-hydrogen) atoms. The molecule has 5 nitrogen and oxygen atoms in total. The van der Waals surface area contributed by atoms with Gasteiger partial charge in [-0.2, -0.15) is 5.10 Å². The fourth-order valence-electron chi connectivity index (χ4n) is 2.01. The Labute approximate surface area is 120 Å². The zero-order valence-electron chi connectivity index (χ0n) is 11.3. The van der Waals surface area contributed by atoms with Gasteiger partial charge in [0.05, 0.1) is 21.6 Å². The maximum atomic E-state index is 10.3. The molecule has 1 unspecified atom stereocenters. The van der Waals surface area contributed by atoms with Gasteiger partial charge in [-0.1, -0.05) is 0 Å². The van der Waals surface area contributed by atoms with Crippen molar-refractivity contribution in [3.8, 4) is 0 Å². The van der Waals surface area contributed by atoms with E-state index in [1.165, 1.54) is 0 Å². The van der Waals surface area contributed by atoms with Gasteiger partial charge in [0.15, 0.2) is 0 Å². The van der Waals surface area contributed by atoms with Gasteiger partial charge >= 0.3 is 0 Å². The second-order valence-corrected chi connectivity index (χ2v) is 5.20. The summed E-state index contributed by atoms with van der Waals surface area (Å²) in [5.74, 6) is 0.663. The molecule has 0 aliphatic heterocycles. The highest BCUT2D eigenvalue weighted by Crippen LogP contribution is 2.25. The molecule has 0 saturated heterocycles. The zero-order chi connectivity index (χ0) is 14.0. The summed E-state index contributed by atoms with van der Waals surface area (Å²) in [5, 5.41) is 14.7. The molecule has 0 spiro atoms. The van der Waals surface area contributed by atoms with Crippen LogP contribution >= 0.6 is 15.9 Å². The molecule has 0 aliphatic carbocycles. The van der Waals surface area contributed by atoms with Crippen molar-refractivity contribution in [1.29, 1.82) is 0 Å². The SMILES string of the molecule is CCn1nc(C)c(Br)c1CC(O)c1ccnc(C)n1. The lowest BCUT2D eigenvalue weighted by atomic mass is 10.1. The van der Waals surface area contributed by atoms with E-state index in [9.17, 15) is 5.11 Å². The maximum Gasteiger partial charge on any atom is 0.125 e. The molecule has 2 heterocycles. The fourth-order valence-corrected chi connectivity index (χ4v) is 2.46. The Hall–Kier alpha value is -1.27. The molecule has 0 aromatic carbocycles. The van der Waals surface area contributed by atoms with Gasteiger partial charge in [0.2, 0.25) is 0 Å². The normalized spacial score (nSPS) is 12.7. The average Bonchev–Trinajstić information content (AvgIpc) is 2.66. The zero-order valence-corrected chi connectivity index (χ0v) is 12.8. The number of aliphatic hydroxyl groups excluding tert-OH is 1. The van der Waals surface area contributed by atoms with E-state index in [-0.39, 0.29) is 0 Å². The van der Waals surface area contributed by atoms with Crippen molar-refractivity contribution in [1.82, 2.24) is 19.7 Å². The van der Waals surface area contributed by atoms with Crippen LogP contribution in [0.25, 0.3) is 0 Å². The lowest BCUT2D eigenvalue weighted by Crippen LogP contribution is -2.10. The Kier molecular flexibility index (Phi) is 4.31. The largest absolute Gasteiger partial charge is 0.386 e. The number of aryl methyl sites for hydroxylation is 3. The highest BCUT2D eigenvalue weighted by atomic mass is 79.9. The van der Waals surface area contributed by atoms with Gasteiger partial charge in [0, 0.05) is 19.2 Å². The van der Waals surface area contributed by atoms with Crippen molar-refractivity contribution in [2.75, 3.05) is 0 Å². The maximum absolute atomic E-state index is 10.3. The summed E-state index contributed by atoms with van der Waals surface area (Å²) in [5.41, 5.74) is 2.56. The second-order valence-electron chi connectivity index (χ2n) is 4.41. The molecule has 0 amide bonds. The Morgan fingerprint density at radius 3 is 2.79 bits per heavy atom. The van der Waals surface area contributed by atoms with Crippen LogP contribution in [-0.4, -0.2) is 24.9 Å². The van der Waals surface area contributed by atoms with Gasteiger partial charge < -0.3 is 5.11 Å². The molecule has 0 bridgehead atoms. The first-order valence-electron chi connectivity index (χ1n) is 6.22. The highest BCUT2D eigenvalue weighted by molar-refractivity contribution is 9.10. The number of halogens is 1. The first kappa shape index (κ1) is 14.1. The molecule has 0 radical (unpaired) electrons. The predicted octanol–water partition coefficient (Wildman–Crippen LogP) is 2.35. The van der Waals surface area contributed by atoms with E-state index in [0.29, 0.717) is 17.9 Å². The Morgan fingerprint density at radius 2 is 2.16 bits per heavy atom. The minimum atomic E-state index is -0.653. The molecule has 1 N–H and O–H groups in total. The number of aromatic nitrogens is 4. The number of aliphatic hydroxyl groups is 1. The first-order chi connectivity index (χ1) is 9.02. The van der Waals surface area contributed by atoms with E-state index in [1.54, 1.807) is 12.3 Å². The number of hydrogen-bond donors (Lipinski definition) is 1. The standard InChI is InChI=1S/C13H17BrN4O/c1-4-18-11(13(14)8(2)17-18)7-12(19)10-5-6-15-9(3)16-10/h5-6,12,19H,4,7H2,1-3H3. The van der Waals surface area contributed by atoms with Crippen LogP contribution in [0.3, 0.4) is 0 Å². The molecule has 6 heteroatoms. The summed E-state index contributed by atoms with van der Waals surface area (Å²) < 4.78 is 2.86. The molecule has 2 rings (SSSR count). The van der Waals surface area contributed by atoms with Crippen LogP contribution in [0.5, 0.6) is 0 Å². The van der Waals surface area contributed by atoms with Gasteiger partial charge in [0.1, 0.15) is 11.9 Å². The lowest BCUT2D eigenvalue weighted by molar-refractivity contribution is 0.170. The molecule has 1 atom stereocenters. The molecule has 0 saturated carbocycles. The second kappa shape index (κ2) is 5.79. The van der Waals surface area contributed by atoms with Crippen LogP contribution in [0.2, 0.25) is 0 Å². The third-order valence-corrected chi connectivity index (χ3v) is 4.01. The van der Waals surface area contributed by atoms with Crippen LogP contribution in [-0.2, 0) is 13.0 Å². The lowest BCUT2D eigenvalue weighted by Gasteiger charge is -2.12. The topological polar surface area (TPSA) is 63.8 Å². The highest BCUT2D eigenvalue weighted by Gasteiger charge is 2.18. The van der Waals surface area contributed by atoms with E-state index in [4.69, 9.17) is 0 Å². The molecular formula is C13H17BrN4O. The molecule has 0 fully saturated rings. The number of rotatable bonds is 4. The van der Waals surface area contributed by atoms with Gasteiger partial charge in [-0.25, -0.2) is 9.97 Å². The van der Waals surface area contributed by atoms with Crippen molar-refractivity contribution >= 4 is 15.9 Å². The van der Waals surface area contributed by atoms with Crippen molar-refractivity contribution in [2.24, 2.45) is 0 Å². The average molecular weight is 325 g/mol. The summed E-state index contributed by atoms with van der Waals surface area (Å²) >= 11 is 3.53. The van der Waals surface area contributed by atoms with Gasteiger partial charge in [-0.05, 0) is 42.8 Å². The predicted molar refractivity (Wildman–Crippen MR) is 75.8 cm³/mol. The fraction of sp³-hybridized carbons (Fsp3) is 0.462. The molecule has 0 aliphatic rings. The molecule has 2 aromatic heterocycles. The smallest absolute Gasteiger partial charge is 0.125 e. The first-order valence-corrected chi connectivity index (χ1v) is 7.01. The van der Waals surface area contributed by atoms with Crippen LogP contribution in [0.4, 0.5) is 0 Å². The molecule has 2 aromatic rings. The van der Waals surface area contributed by atoms with Crippen LogP contribution in [0.1, 0.15) is 35.9 Å². The monoisotopic (exact) mass is 324 g/mol. The van der Waals surface area contributed by atoms with Crippen molar-refractivity contribution in [2.45, 2.75) is 39.8 Å². The van der Waals surface area contributed by atoms with Crippen LogP contribution in [0.15, 0.2) is 16.7 Å². The molecular weight excluding hydrogens is 308 g/mol. The quantitative estimate of drug-likeness (QED) is 0.937. The van der Waals surface area contributed by atoms with Gasteiger partial charge in [-0.3, -0.25) is 4.68 Å². The number of hydrogen-bond acceptors (Lipinski definition) is 4. The van der Waals surface area contributed by atoms with Gasteiger partial charge in [0.25, 0.3) is 0 Å². The van der Waals surface area contributed by atoms with E-state index < -0.39 is 6.10 Å². The Bertz CT molecular complexity index is 582. The van der Waals surface area contributed by atoms with Crippen LogP contribution < -0.4 is 0 Å². The summed E-state index contributed by atoms with van der Waals surface area (Å²) in [6.45, 7) is 6.56. The van der Waals surface area contributed by atoms with E-state index in [2.05, 4.69) is 31.0 Å². The summed E-state index contributed by atoms with van der Waals surface area (Å²) in [7, 11) is 0. The third-order valence-electron chi connectivity index (χ3n) is 2.98. The summed E-state index contributed by atoms with van der Waals surface area (Å²) in [6, 6.07) is 1.74. The minimum absolute atomic E-state index is 0.478. The van der Waals surface area contributed by atoms with E-state index in [0.717, 1.165) is 22.4 Å². The van der Waals surface area contributed by atoms with E-state index >= 15 is 0 Å². The van der Waals surface area contributed by atoms with Crippen molar-refractivity contribution < 1.29 is 5.11 Å². The van der Waals surface area contributed by atoms with E-state index in [1.807, 2.05) is 25.5 Å². The summed E-state index contributed by atoms with van der Waals surface area (Å²) in [6.07, 6.45) is 1.49. The van der Waals surface area contributed by atoms with Crippen molar-refractivity contribution in [3.05, 3.63) is 39.6 Å². The van der Waals surface area contributed by atoms with Crippen LogP contribution in [0, 0.1) is 13.8 Å². The Morgan fingerprint density at radius 1 is 1.42 bits per heavy atom. The Balaban J connectivity index is 2.26. The van der Waals surface area contributed by atoms with Gasteiger partial charge in [-0.15, -0.1) is 0 Å². The summed E-state index contributed by atoms with van der Waals surface area (Å²) in [4.78, 5) is 8.29. The molecule has 102 valence electrons. The number of nitrogens with zero attached hydrogens (tertiary/aromatic N) is 4. The van der Waals surface area contributed by atoms with Crippen molar-refractivity contribution in [3.63, 3.8) is 0 Å².